The van der Waals surface area contributed by atoms with Crippen LogP contribution in [0.2, 0.25) is 0 Å². The van der Waals surface area contributed by atoms with Crippen molar-refractivity contribution in [1.82, 2.24) is 20.3 Å². The first kappa shape index (κ1) is 15.2. The van der Waals surface area contributed by atoms with E-state index in [0.29, 0.717) is 13.0 Å². The molecule has 6 nitrogen and oxygen atoms in total. The number of hydrogen-bond donors (Lipinski definition) is 2. The fourth-order valence-electron chi connectivity index (χ4n) is 2.43. The zero-order valence-corrected chi connectivity index (χ0v) is 12.8. The molecule has 118 valence electrons. The van der Waals surface area contributed by atoms with Crippen LogP contribution in [-0.4, -0.2) is 34.1 Å². The molecule has 0 amide bonds. The van der Waals surface area contributed by atoms with Gasteiger partial charge in [0, 0.05) is 30.2 Å². The highest BCUT2D eigenvalue weighted by Crippen LogP contribution is 2.12. The Kier molecular flexibility index (Phi) is 4.63. The molecule has 0 saturated heterocycles. The summed E-state index contributed by atoms with van der Waals surface area (Å²) in [7, 11) is 1.39. The molecule has 2 heterocycles. The Morgan fingerprint density at radius 2 is 2.17 bits per heavy atom. The van der Waals surface area contributed by atoms with E-state index in [1.54, 1.807) is 12.5 Å². The molecule has 1 atom stereocenters. The van der Waals surface area contributed by atoms with Crippen LogP contribution in [0.15, 0.2) is 48.9 Å². The number of ether oxygens (including phenoxy) is 1. The number of imidazole rings is 1. The highest BCUT2D eigenvalue weighted by Gasteiger charge is 2.20. The number of carbonyl (C=O) groups excluding carboxylic acids is 1. The summed E-state index contributed by atoms with van der Waals surface area (Å²) < 4.78 is 4.86. The molecule has 0 saturated carbocycles. The summed E-state index contributed by atoms with van der Waals surface area (Å²) in [6.45, 7) is 0.485. The van der Waals surface area contributed by atoms with Crippen LogP contribution < -0.4 is 5.32 Å². The third-order valence-electron chi connectivity index (χ3n) is 3.65. The molecule has 0 aliphatic heterocycles. The summed E-state index contributed by atoms with van der Waals surface area (Å²) in [4.78, 5) is 23.5. The number of nitrogens with zero attached hydrogens (tertiary/aromatic N) is 2. The van der Waals surface area contributed by atoms with Crippen molar-refractivity contribution in [1.29, 1.82) is 0 Å². The first-order chi connectivity index (χ1) is 11.3. The molecule has 2 N–H and O–H groups in total. The second kappa shape index (κ2) is 7.02. The third-order valence-corrected chi connectivity index (χ3v) is 3.65. The van der Waals surface area contributed by atoms with Crippen molar-refractivity contribution in [2.75, 3.05) is 7.11 Å². The normalized spacial score (nSPS) is 12.2. The zero-order valence-electron chi connectivity index (χ0n) is 12.8. The van der Waals surface area contributed by atoms with Gasteiger partial charge < -0.3 is 9.72 Å². The van der Waals surface area contributed by atoms with Gasteiger partial charge in [0.25, 0.3) is 0 Å². The van der Waals surface area contributed by atoms with Crippen molar-refractivity contribution in [2.24, 2.45) is 0 Å². The Balaban J connectivity index is 1.70. The summed E-state index contributed by atoms with van der Waals surface area (Å²) in [5.74, 6) is -0.305. The molecule has 0 bridgehead atoms. The molecule has 1 aromatic carbocycles. The molecular formula is C17H18N4O2. The van der Waals surface area contributed by atoms with Crippen LogP contribution >= 0.6 is 0 Å². The number of carbonyl (C=O) groups is 1. The van der Waals surface area contributed by atoms with Crippen molar-refractivity contribution in [3.05, 3.63) is 60.3 Å². The lowest BCUT2D eigenvalue weighted by Crippen LogP contribution is -2.39. The number of H-pyrrole nitrogens is 1. The van der Waals surface area contributed by atoms with E-state index in [-0.39, 0.29) is 5.97 Å². The van der Waals surface area contributed by atoms with Gasteiger partial charge in [0.15, 0.2) is 0 Å². The maximum atomic E-state index is 11.9. The Morgan fingerprint density at radius 1 is 1.30 bits per heavy atom. The van der Waals surface area contributed by atoms with E-state index in [2.05, 4.69) is 20.3 Å². The zero-order chi connectivity index (χ0) is 16.1. The average molecular weight is 310 g/mol. The molecule has 23 heavy (non-hydrogen) atoms. The fraction of sp³-hybridized carbons (Fsp3) is 0.235. The van der Waals surface area contributed by atoms with Crippen LogP contribution in [0.1, 0.15) is 11.4 Å². The molecule has 0 unspecified atom stereocenters. The van der Waals surface area contributed by atoms with Crippen molar-refractivity contribution >= 4 is 16.9 Å². The first-order valence-electron chi connectivity index (χ1n) is 7.39. The third kappa shape index (κ3) is 3.73. The van der Waals surface area contributed by atoms with Gasteiger partial charge in [0.1, 0.15) is 6.04 Å². The Hall–Kier alpha value is -2.73. The van der Waals surface area contributed by atoms with Crippen molar-refractivity contribution in [2.45, 2.75) is 19.0 Å². The number of benzene rings is 1. The minimum atomic E-state index is -0.450. The van der Waals surface area contributed by atoms with E-state index in [0.717, 1.165) is 22.3 Å². The molecule has 6 heteroatoms. The van der Waals surface area contributed by atoms with Crippen molar-refractivity contribution < 1.29 is 9.53 Å². The molecule has 2 aromatic heterocycles. The van der Waals surface area contributed by atoms with Gasteiger partial charge in [-0.1, -0.05) is 24.3 Å². The van der Waals surface area contributed by atoms with E-state index in [4.69, 9.17) is 4.74 Å². The standard InChI is InChI=1S/C17H18N4O2/c1-23-17(22)16(8-14-9-18-11-20-14)19-10-13-7-6-12-4-2-3-5-15(12)21-13/h2-7,9,11,16,19H,8,10H2,1H3,(H,18,20)/t16-/m0/s1. The monoisotopic (exact) mass is 310 g/mol. The SMILES string of the molecule is COC(=O)[C@H](Cc1cnc[nH]1)NCc1ccc2ccccc2n1. The van der Waals surface area contributed by atoms with Crippen LogP contribution in [0.4, 0.5) is 0 Å². The number of aromatic nitrogens is 3. The molecule has 0 aliphatic rings. The van der Waals surface area contributed by atoms with Gasteiger partial charge in [-0.25, -0.2) is 4.98 Å². The number of para-hydroxylation sites is 1. The summed E-state index contributed by atoms with van der Waals surface area (Å²) in [6, 6.07) is 11.5. The predicted octanol–water partition coefficient (Wildman–Crippen LogP) is 1.83. The summed E-state index contributed by atoms with van der Waals surface area (Å²) >= 11 is 0. The lowest BCUT2D eigenvalue weighted by atomic mass is 10.1. The average Bonchev–Trinajstić information content (AvgIpc) is 3.10. The highest BCUT2D eigenvalue weighted by molar-refractivity contribution is 5.78. The molecule has 0 aliphatic carbocycles. The summed E-state index contributed by atoms with van der Waals surface area (Å²) in [5.41, 5.74) is 2.69. The second-order valence-corrected chi connectivity index (χ2v) is 5.23. The van der Waals surface area contributed by atoms with Crippen LogP contribution in [0.3, 0.4) is 0 Å². The largest absolute Gasteiger partial charge is 0.468 e. The lowest BCUT2D eigenvalue weighted by molar-refractivity contribution is -0.143. The molecular weight excluding hydrogens is 292 g/mol. The Labute approximate surface area is 133 Å². The maximum Gasteiger partial charge on any atom is 0.323 e. The van der Waals surface area contributed by atoms with Gasteiger partial charge in [-0.2, -0.15) is 0 Å². The Morgan fingerprint density at radius 3 is 2.96 bits per heavy atom. The van der Waals surface area contributed by atoms with Crippen LogP contribution in [0.5, 0.6) is 0 Å². The quantitative estimate of drug-likeness (QED) is 0.679. The minimum absolute atomic E-state index is 0.305. The number of nitrogens with one attached hydrogen (secondary N) is 2. The van der Waals surface area contributed by atoms with E-state index in [9.17, 15) is 4.79 Å². The number of fused-ring (bicyclic) bond motifs is 1. The van der Waals surface area contributed by atoms with E-state index in [1.807, 2.05) is 36.4 Å². The van der Waals surface area contributed by atoms with Crippen LogP contribution in [0, 0.1) is 0 Å². The highest BCUT2D eigenvalue weighted by atomic mass is 16.5. The maximum absolute atomic E-state index is 11.9. The van der Waals surface area contributed by atoms with Gasteiger partial charge in [-0.3, -0.25) is 15.1 Å². The topological polar surface area (TPSA) is 79.9 Å². The number of rotatable bonds is 6. The number of aromatic amines is 1. The lowest BCUT2D eigenvalue weighted by Gasteiger charge is -2.15. The number of hydrogen-bond acceptors (Lipinski definition) is 5. The number of esters is 1. The predicted molar refractivity (Wildman–Crippen MR) is 86.7 cm³/mol. The van der Waals surface area contributed by atoms with Gasteiger partial charge in [0.05, 0.1) is 24.6 Å². The molecule has 0 fully saturated rings. The van der Waals surface area contributed by atoms with Gasteiger partial charge in [0.2, 0.25) is 0 Å². The molecule has 3 aromatic rings. The first-order valence-corrected chi connectivity index (χ1v) is 7.39. The number of methoxy groups -OCH3 is 1. The fourth-order valence-corrected chi connectivity index (χ4v) is 2.43. The van der Waals surface area contributed by atoms with E-state index >= 15 is 0 Å². The van der Waals surface area contributed by atoms with Gasteiger partial charge in [-0.15, -0.1) is 0 Å². The van der Waals surface area contributed by atoms with Gasteiger partial charge >= 0.3 is 5.97 Å². The van der Waals surface area contributed by atoms with E-state index in [1.165, 1.54) is 7.11 Å². The molecule has 0 radical (unpaired) electrons. The summed E-state index contributed by atoms with van der Waals surface area (Å²) in [5, 5.41) is 4.30. The van der Waals surface area contributed by atoms with Crippen molar-refractivity contribution in [3.8, 4) is 0 Å². The van der Waals surface area contributed by atoms with Gasteiger partial charge in [-0.05, 0) is 12.1 Å². The second-order valence-electron chi connectivity index (χ2n) is 5.23. The Bertz CT molecular complexity index is 786. The van der Waals surface area contributed by atoms with E-state index < -0.39 is 6.04 Å². The van der Waals surface area contributed by atoms with Crippen molar-refractivity contribution in [3.63, 3.8) is 0 Å². The van der Waals surface area contributed by atoms with Crippen LogP contribution in [-0.2, 0) is 22.5 Å². The molecule has 3 rings (SSSR count). The summed E-state index contributed by atoms with van der Waals surface area (Å²) in [6.07, 6.45) is 3.78. The smallest absolute Gasteiger partial charge is 0.323 e. The minimum Gasteiger partial charge on any atom is -0.468 e. The number of pyridine rings is 1. The van der Waals surface area contributed by atoms with Crippen LogP contribution in [0.25, 0.3) is 10.9 Å². The molecule has 0 spiro atoms.